The van der Waals surface area contributed by atoms with Gasteiger partial charge in [-0.1, -0.05) is 19.3 Å². The van der Waals surface area contributed by atoms with Crippen molar-refractivity contribution in [3.8, 4) is 0 Å². The molecule has 0 saturated heterocycles. The number of hydrogen-bond donors (Lipinski definition) is 0. The van der Waals surface area contributed by atoms with Gasteiger partial charge in [0.1, 0.15) is 21.9 Å². The number of imidazole rings is 1. The van der Waals surface area contributed by atoms with Crippen LogP contribution in [0.4, 0.5) is 8.78 Å². The summed E-state index contributed by atoms with van der Waals surface area (Å²) in [4.78, 5) is 3.47. The van der Waals surface area contributed by atoms with Crippen molar-refractivity contribution in [2.75, 3.05) is 0 Å². The third kappa shape index (κ3) is 3.15. The number of aromatic nitrogens is 2. The Bertz CT molecular complexity index is 769. The van der Waals surface area contributed by atoms with Crippen molar-refractivity contribution < 1.29 is 17.2 Å². The summed E-state index contributed by atoms with van der Waals surface area (Å²) in [6.07, 6.45) is 9.06. The summed E-state index contributed by atoms with van der Waals surface area (Å²) < 4.78 is 54.8. The predicted octanol–water partition coefficient (Wildman–Crippen LogP) is 3.71. The number of nitrogens with zero attached hydrogens (tertiary/aromatic N) is 2. The Morgan fingerprint density at radius 3 is 2.52 bits per heavy atom. The van der Waals surface area contributed by atoms with Crippen LogP contribution in [0.2, 0.25) is 0 Å². The van der Waals surface area contributed by atoms with Gasteiger partial charge in [0.2, 0.25) is 9.84 Å². The summed E-state index contributed by atoms with van der Waals surface area (Å²) in [5.74, 6) is -1.95. The molecule has 0 N–H and O–H groups in total. The zero-order valence-electron chi connectivity index (χ0n) is 12.5. The van der Waals surface area contributed by atoms with E-state index in [4.69, 9.17) is 0 Å². The van der Waals surface area contributed by atoms with Crippen LogP contribution in [-0.2, 0) is 9.84 Å². The van der Waals surface area contributed by atoms with Crippen LogP contribution in [0.5, 0.6) is 0 Å². The number of sulfone groups is 1. The molecule has 1 aliphatic rings. The lowest BCUT2D eigenvalue weighted by Crippen LogP contribution is -2.29. The maximum Gasteiger partial charge on any atom is 0.202 e. The average Bonchev–Trinajstić information content (AvgIpc) is 3.01. The largest absolute Gasteiger partial charge is 0.319 e. The van der Waals surface area contributed by atoms with Crippen molar-refractivity contribution in [2.45, 2.75) is 42.4 Å². The van der Waals surface area contributed by atoms with Crippen LogP contribution in [0, 0.1) is 17.6 Å². The van der Waals surface area contributed by atoms with E-state index in [1.54, 1.807) is 6.20 Å². The second kappa shape index (κ2) is 6.39. The lowest BCUT2D eigenvalue weighted by Gasteiger charge is -2.30. The van der Waals surface area contributed by atoms with Gasteiger partial charge in [0.25, 0.3) is 0 Å². The summed E-state index contributed by atoms with van der Waals surface area (Å²) in [6, 6.07) is 2.59. The van der Waals surface area contributed by atoms with Gasteiger partial charge in [0.15, 0.2) is 0 Å². The SMILES string of the molecule is O=S(=O)(c1ccc(F)cc1F)C(C1CCCCC1)n1ccnc1. The zero-order valence-corrected chi connectivity index (χ0v) is 13.3. The molecule has 0 amide bonds. The highest BCUT2D eigenvalue weighted by molar-refractivity contribution is 7.91. The summed E-state index contributed by atoms with van der Waals surface area (Å²) in [5.41, 5.74) is 0. The molecule has 1 unspecified atom stereocenters. The van der Waals surface area contributed by atoms with Gasteiger partial charge in [-0.2, -0.15) is 0 Å². The van der Waals surface area contributed by atoms with Crippen molar-refractivity contribution in [2.24, 2.45) is 5.92 Å². The quantitative estimate of drug-likeness (QED) is 0.797. The summed E-state index contributed by atoms with van der Waals surface area (Å²) in [5, 5.41) is -0.912. The Morgan fingerprint density at radius 1 is 1.17 bits per heavy atom. The Balaban J connectivity index is 2.07. The predicted molar refractivity (Wildman–Crippen MR) is 81.4 cm³/mol. The van der Waals surface area contributed by atoms with E-state index in [0.717, 1.165) is 44.2 Å². The molecule has 0 bridgehead atoms. The molecule has 1 heterocycles. The lowest BCUT2D eigenvalue weighted by molar-refractivity contribution is 0.301. The number of hydrogen-bond acceptors (Lipinski definition) is 3. The first-order valence-corrected chi connectivity index (χ1v) is 9.21. The van der Waals surface area contributed by atoms with Crippen LogP contribution in [-0.4, -0.2) is 18.0 Å². The molecular weight excluding hydrogens is 322 g/mol. The number of benzene rings is 1. The highest BCUT2D eigenvalue weighted by Gasteiger charge is 2.38. The van der Waals surface area contributed by atoms with Crippen molar-refractivity contribution in [3.63, 3.8) is 0 Å². The molecule has 1 fully saturated rings. The standard InChI is InChI=1S/C16H18F2N2O2S/c17-13-6-7-15(14(18)10-13)23(21,22)16(20-9-8-19-11-20)12-4-2-1-3-5-12/h6-12,16H,1-5H2. The molecule has 2 aromatic rings. The van der Waals surface area contributed by atoms with Gasteiger partial charge < -0.3 is 4.57 Å². The van der Waals surface area contributed by atoms with Crippen LogP contribution < -0.4 is 0 Å². The molecule has 1 saturated carbocycles. The third-order valence-electron chi connectivity index (χ3n) is 4.39. The Labute approximate surface area is 134 Å². The molecule has 1 atom stereocenters. The fraction of sp³-hybridized carbons (Fsp3) is 0.438. The topological polar surface area (TPSA) is 52.0 Å². The van der Waals surface area contributed by atoms with Crippen molar-refractivity contribution in [1.29, 1.82) is 0 Å². The monoisotopic (exact) mass is 340 g/mol. The minimum absolute atomic E-state index is 0.104. The smallest absolute Gasteiger partial charge is 0.202 e. The lowest BCUT2D eigenvalue weighted by atomic mass is 9.89. The minimum Gasteiger partial charge on any atom is -0.319 e. The van der Waals surface area contributed by atoms with Gasteiger partial charge in [-0.3, -0.25) is 0 Å². The van der Waals surface area contributed by atoms with E-state index in [1.807, 2.05) is 0 Å². The van der Waals surface area contributed by atoms with E-state index in [1.165, 1.54) is 17.1 Å². The number of halogens is 2. The Kier molecular flexibility index (Phi) is 4.48. The van der Waals surface area contributed by atoms with E-state index in [-0.39, 0.29) is 5.92 Å². The second-order valence-electron chi connectivity index (χ2n) is 5.92. The highest BCUT2D eigenvalue weighted by atomic mass is 32.2. The van der Waals surface area contributed by atoms with E-state index in [9.17, 15) is 17.2 Å². The zero-order chi connectivity index (χ0) is 16.4. The van der Waals surface area contributed by atoms with Gasteiger partial charge in [0.05, 0.1) is 6.33 Å². The minimum atomic E-state index is -3.99. The normalized spacial score (nSPS) is 18.0. The van der Waals surface area contributed by atoms with E-state index in [0.29, 0.717) is 6.07 Å². The molecule has 1 aromatic carbocycles. The molecule has 3 rings (SSSR count). The molecule has 1 aliphatic carbocycles. The van der Waals surface area contributed by atoms with E-state index < -0.39 is 31.7 Å². The molecule has 0 spiro atoms. The Morgan fingerprint density at radius 2 is 1.91 bits per heavy atom. The highest BCUT2D eigenvalue weighted by Crippen LogP contribution is 2.39. The van der Waals surface area contributed by atoms with Crippen LogP contribution >= 0.6 is 0 Å². The van der Waals surface area contributed by atoms with Crippen molar-refractivity contribution >= 4 is 9.84 Å². The molecule has 23 heavy (non-hydrogen) atoms. The van der Waals surface area contributed by atoms with Crippen LogP contribution in [0.1, 0.15) is 37.5 Å². The van der Waals surface area contributed by atoms with E-state index in [2.05, 4.69) is 4.98 Å². The van der Waals surface area contributed by atoms with E-state index >= 15 is 0 Å². The molecule has 1 aromatic heterocycles. The van der Waals surface area contributed by atoms with Crippen molar-refractivity contribution in [1.82, 2.24) is 9.55 Å². The van der Waals surface area contributed by atoms with Gasteiger partial charge >= 0.3 is 0 Å². The summed E-state index contributed by atoms with van der Waals surface area (Å²) in [7, 11) is -3.99. The average molecular weight is 340 g/mol. The van der Waals surface area contributed by atoms with Crippen LogP contribution in [0.15, 0.2) is 41.8 Å². The first-order chi connectivity index (χ1) is 11.0. The first kappa shape index (κ1) is 16.1. The molecule has 0 aliphatic heterocycles. The van der Waals surface area contributed by atoms with Gasteiger partial charge in [-0.25, -0.2) is 22.2 Å². The molecule has 7 heteroatoms. The molecule has 4 nitrogen and oxygen atoms in total. The number of rotatable bonds is 4. The van der Waals surface area contributed by atoms with Gasteiger partial charge in [-0.05, 0) is 30.9 Å². The summed E-state index contributed by atoms with van der Waals surface area (Å²) in [6.45, 7) is 0. The maximum atomic E-state index is 14.1. The van der Waals surface area contributed by atoms with Gasteiger partial charge in [0, 0.05) is 18.5 Å². The van der Waals surface area contributed by atoms with Gasteiger partial charge in [-0.15, -0.1) is 0 Å². The fourth-order valence-electron chi connectivity index (χ4n) is 3.33. The molecule has 124 valence electrons. The first-order valence-electron chi connectivity index (χ1n) is 7.66. The Hall–Kier alpha value is -1.76. The summed E-state index contributed by atoms with van der Waals surface area (Å²) >= 11 is 0. The fourth-order valence-corrected chi connectivity index (χ4v) is 5.41. The third-order valence-corrected chi connectivity index (χ3v) is 6.60. The van der Waals surface area contributed by atoms with Crippen molar-refractivity contribution in [3.05, 3.63) is 48.6 Å². The van der Waals surface area contributed by atoms with Crippen LogP contribution in [0.25, 0.3) is 0 Å². The second-order valence-corrected chi connectivity index (χ2v) is 7.93. The molecular formula is C16H18F2N2O2S. The molecule has 0 radical (unpaired) electrons. The maximum absolute atomic E-state index is 14.1. The van der Waals surface area contributed by atoms with Crippen LogP contribution in [0.3, 0.4) is 0 Å².